The summed E-state index contributed by atoms with van der Waals surface area (Å²) in [6.07, 6.45) is -4.19. The summed E-state index contributed by atoms with van der Waals surface area (Å²) in [7, 11) is 1.45. The van der Waals surface area contributed by atoms with E-state index in [1.807, 2.05) is 6.92 Å². The molecule has 266 valence electrons. The van der Waals surface area contributed by atoms with Crippen LogP contribution in [0.3, 0.4) is 0 Å². The van der Waals surface area contributed by atoms with Crippen LogP contribution in [0.2, 0.25) is 20.1 Å². The summed E-state index contributed by atoms with van der Waals surface area (Å²) in [6, 6.07) is -1.50. The smallest absolute Gasteiger partial charge is 0.269 e. The highest BCUT2D eigenvalue weighted by Crippen LogP contribution is 2.35. The first-order valence-corrected chi connectivity index (χ1v) is 16.5. The number of carbonyl (C=O) groups excluding carboxylic acids is 2. The van der Waals surface area contributed by atoms with Gasteiger partial charge in [-0.2, -0.15) is 0 Å². The molecule has 2 fully saturated rings. The average Bonchev–Trinajstić information content (AvgIpc) is 3.42. The zero-order valence-electron chi connectivity index (χ0n) is 27.4. The van der Waals surface area contributed by atoms with Gasteiger partial charge in [0.2, 0.25) is 0 Å². The van der Waals surface area contributed by atoms with Crippen LogP contribution in [0, 0.1) is 13.8 Å². The van der Waals surface area contributed by atoms with E-state index in [9.17, 15) is 30.0 Å². The van der Waals surface area contributed by atoms with Crippen molar-refractivity contribution in [2.45, 2.75) is 121 Å². The van der Waals surface area contributed by atoms with Crippen molar-refractivity contribution in [2.24, 2.45) is 0 Å². The van der Waals surface area contributed by atoms with Crippen LogP contribution in [-0.2, 0) is 14.2 Å². The molecule has 2 aromatic heterocycles. The van der Waals surface area contributed by atoms with Gasteiger partial charge in [-0.15, -0.1) is 0 Å². The number of nitrogens with one attached hydrogen (secondary N) is 4. The maximum Gasteiger partial charge on any atom is 0.269 e. The maximum atomic E-state index is 12.4. The van der Waals surface area contributed by atoms with Gasteiger partial charge in [0.05, 0.1) is 50.5 Å². The van der Waals surface area contributed by atoms with Gasteiger partial charge < -0.3 is 55.2 Å². The van der Waals surface area contributed by atoms with Crippen LogP contribution in [0.15, 0.2) is 0 Å². The number of aromatic nitrogens is 2. The Morgan fingerprint density at radius 3 is 1.53 bits per heavy atom. The number of H-pyrrole nitrogens is 2. The first kappa shape index (κ1) is 39.8. The van der Waals surface area contributed by atoms with Crippen molar-refractivity contribution in [3.63, 3.8) is 0 Å². The molecular formula is C30H44Cl4N4O9. The molecule has 10 atom stereocenters. The molecule has 0 saturated carbocycles. The van der Waals surface area contributed by atoms with E-state index in [0.29, 0.717) is 11.4 Å². The molecule has 13 nitrogen and oxygen atoms in total. The number of aromatic amines is 2. The van der Waals surface area contributed by atoms with Crippen LogP contribution >= 0.6 is 46.4 Å². The van der Waals surface area contributed by atoms with Crippen molar-refractivity contribution in [2.75, 3.05) is 7.11 Å². The van der Waals surface area contributed by atoms with Gasteiger partial charge in [0, 0.05) is 31.3 Å². The molecule has 4 heterocycles. The lowest BCUT2D eigenvalue weighted by Crippen LogP contribution is -2.65. The topological polar surface area (TPSA) is 198 Å². The second-order valence-electron chi connectivity index (χ2n) is 12.3. The fourth-order valence-corrected chi connectivity index (χ4v) is 6.71. The summed E-state index contributed by atoms with van der Waals surface area (Å²) in [4.78, 5) is 30.4. The quantitative estimate of drug-likeness (QED) is 0.209. The Morgan fingerprint density at radius 1 is 0.787 bits per heavy atom. The SMILES string of the molecule is CO[C@H]1C[C@@](O)([C@H](C)NC(=O)c2[nH]c(C)c(Cl)c2Cl)[C@H](O)[C@@H](C)O1.Cc1[nH]c(C(=O)N[C@@H](C)[C@]2(O)C[C@@H](C)O[C@H](C)[C@H]2O)c(Cl)c1Cl. The van der Waals surface area contributed by atoms with Crippen molar-refractivity contribution in [1.82, 2.24) is 20.6 Å². The molecule has 2 amide bonds. The highest BCUT2D eigenvalue weighted by Gasteiger charge is 2.51. The van der Waals surface area contributed by atoms with Gasteiger partial charge in [0.1, 0.15) is 34.8 Å². The summed E-state index contributed by atoms with van der Waals surface area (Å²) in [5.74, 6) is -1.03. The molecule has 0 aliphatic carbocycles. The van der Waals surface area contributed by atoms with Gasteiger partial charge in [-0.05, 0) is 48.5 Å². The van der Waals surface area contributed by atoms with Crippen LogP contribution in [-0.4, -0.2) is 109 Å². The van der Waals surface area contributed by atoms with Crippen molar-refractivity contribution in [1.29, 1.82) is 0 Å². The molecule has 17 heteroatoms. The zero-order chi connectivity index (χ0) is 35.8. The molecule has 47 heavy (non-hydrogen) atoms. The van der Waals surface area contributed by atoms with Gasteiger partial charge in [-0.1, -0.05) is 46.4 Å². The highest BCUT2D eigenvalue weighted by molar-refractivity contribution is 6.45. The second-order valence-corrected chi connectivity index (χ2v) is 13.8. The minimum Gasteiger partial charge on any atom is -0.387 e. The molecule has 8 N–H and O–H groups in total. The standard InChI is InChI=1S/C15H22Cl2N2O5.C15H22Cl2N2O4/c1-6-10(16)11(17)12(18-6)14(21)19-8(3)15(22)5-9(23-4)24-7(2)13(15)20;1-6-5-15(22,13(20)8(3)23-6)9(4)19-14(21)12-11(17)10(16)7(2)18-12/h7-9,13,18,20,22H,5H2,1-4H3,(H,19,21);6,8-9,13,18,20,22H,5H2,1-4H3,(H,19,21)/t7-,8+,9-,13-,15-;6-,8-,9+,13-,15-/m11/s1. The number of amides is 2. The molecule has 2 aliphatic heterocycles. The first-order chi connectivity index (χ1) is 21.7. The summed E-state index contributed by atoms with van der Waals surface area (Å²) in [5.41, 5.74) is -1.73. The number of halogens is 4. The van der Waals surface area contributed by atoms with Crippen molar-refractivity contribution in [3.8, 4) is 0 Å². The number of rotatable bonds is 7. The Kier molecular flexibility index (Phi) is 13.1. The van der Waals surface area contributed by atoms with Crippen molar-refractivity contribution < 1.29 is 44.2 Å². The number of hydrogen-bond acceptors (Lipinski definition) is 9. The van der Waals surface area contributed by atoms with Crippen LogP contribution in [0.1, 0.15) is 79.8 Å². The maximum absolute atomic E-state index is 12.4. The molecule has 2 saturated heterocycles. The second kappa shape index (κ2) is 15.5. The number of ether oxygens (including phenoxy) is 3. The monoisotopic (exact) mass is 744 g/mol. The van der Waals surface area contributed by atoms with E-state index in [-0.39, 0.29) is 50.4 Å². The Bertz CT molecular complexity index is 1440. The first-order valence-electron chi connectivity index (χ1n) is 15.0. The van der Waals surface area contributed by atoms with E-state index in [2.05, 4.69) is 20.6 Å². The normalized spacial score (nSPS) is 32.2. The predicted octanol–water partition coefficient (Wildman–Crippen LogP) is 3.66. The van der Waals surface area contributed by atoms with E-state index in [0.717, 1.165) is 0 Å². The van der Waals surface area contributed by atoms with E-state index in [1.54, 1.807) is 41.5 Å². The van der Waals surface area contributed by atoms with E-state index >= 15 is 0 Å². The summed E-state index contributed by atoms with van der Waals surface area (Å²) in [6.45, 7) is 11.7. The predicted molar refractivity (Wildman–Crippen MR) is 177 cm³/mol. The van der Waals surface area contributed by atoms with Crippen molar-refractivity contribution >= 4 is 58.2 Å². The summed E-state index contributed by atoms with van der Waals surface area (Å²) < 4.78 is 16.1. The van der Waals surface area contributed by atoms with E-state index < -0.39 is 65.8 Å². The lowest BCUT2D eigenvalue weighted by molar-refractivity contribution is -0.274. The Hall–Kier alpha value is -1.62. The van der Waals surface area contributed by atoms with E-state index in [4.69, 9.17) is 60.6 Å². The number of hydrogen-bond donors (Lipinski definition) is 8. The summed E-state index contributed by atoms with van der Waals surface area (Å²) >= 11 is 24.0. The molecule has 0 bridgehead atoms. The molecule has 2 aromatic rings. The molecule has 0 unspecified atom stereocenters. The molecule has 0 aromatic carbocycles. The number of aryl methyl sites for hydroxylation is 2. The minimum absolute atomic E-state index is 0.00863. The lowest BCUT2D eigenvalue weighted by Gasteiger charge is -2.46. The summed E-state index contributed by atoms with van der Waals surface area (Å²) in [5, 5.41) is 48.5. The average molecular weight is 747 g/mol. The molecule has 2 aliphatic rings. The van der Waals surface area contributed by atoms with Gasteiger partial charge in [-0.25, -0.2) is 0 Å². The zero-order valence-corrected chi connectivity index (χ0v) is 30.4. The third-order valence-corrected chi connectivity index (χ3v) is 10.7. The Labute approximate surface area is 293 Å². The Morgan fingerprint density at radius 2 is 1.17 bits per heavy atom. The number of aliphatic hydroxyl groups is 4. The number of carbonyl (C=O) groups is 2. The number of aliphatic hydroxyl groups excluding tert-OH is 2. The molecular weight excluding hydrogens is 702 g/mol. The minimum atomic E-state index is -1.62. The third kappa shape index (κ3) is 8.24. The number of methoxy groups -OCH3 is 1. The lowest BCUT2D eigenvalue weighted by atomic mass is 9.79. The van der Waals surface area contributed by atoms with Gasteiger partial charge in [0.25, 0.3) is 11.8 Å². The van der Waals surface area contributed by atoms with E-state index in [1.165, 1.54) is 7.11 Å². The van der Waals surface area contributed by atoms with Crippen molar-refractivity contribution in [3.05, 3.63) is 42.9 Å². The van der Waals surface area contributed by atoms with Crippen LogP contribution in [0.4, 0.5) is 0 Å². The van der Waals surface area contributed by atoms with Crippen LogP contribution in [0.25, 0.3) is 0 Å². The van der Waals surface area contributed by atoms with Gasteiger partial charge in [0.15, 0.2) is 6.29 Å². The largest absolute Gasteiger partial charge is 0.387 e. The molecule has 0 spiro atoms. The molecule has 0 radical (unpaired) electrons. The fraction of sp³-hybridized carbons (Fsp3) is 0.667. The van der Waals surface area contributed by atoms with Gasteiger partial charge in [-0.3, -0.25) is 9.59 Å². The van der Waals surface area contributed by atoms with Gasteiger partial charge >= 0.3 is 0 Å². The highest BCUT2D eigenvalue weighted by atomic mass is 35.5. The molecule has 4 rings (SSSR count). The van der Waals surface area contributed by atoms with Crippen LogP contribution in [0.5, 0.6) is 0 Å². The van der Waals surface area contributed by atoms with Crippen LogP contribution < -0.4 is 10.6 Å². The Balaban J connectivity index is 0.000000256. The fourth-order valence-electron chi connectivity index (χ4n) is 5.88. The third-order valence-electron chi connectivity index (χ3n) is 8.85.